The first-order valence-corrected chi connectivity index (χ1v) is 5.05. The molecule has 1 aromatic rings. The van der Waals surface area contributed by atoms with Crippen LogP contribution in [0.4, 0.5) is 13.2 Å². The lowest BCUT2D eigenvalue weighted by atomic mass is 10.0. The van der Waals surface area contributed by atoms with Crippen LogP contribution in [0.1, 0.15) is 44.5 Å². The Morgan fingerprint density at radius 2 is 2.00 bits per heavy atom. The van der Waals surface area contributed by atoms with Crippen molar-refractivity contribution in [2.24, 2.45) is 0 Å². The topological polar surface area (TPSA) is 17.8 Å². The lowest BCUT2D eigenvalue weighted by Gasteiger charge is -2.09. The number of rotatable bonds is 3. The number of alkyl halides is 3. The van der Waals surface area contributed by atoms with Crippen molar-refractivity contribution in [2.45, 2.75) is 45.8 Å². The highest BCUT2D eigenvalue weighted by Gasteiger charge is 2.35. The molecule has 0 bridgehead atoms. The van der Waals surface area contributed by atoms with Gasteiger partial charge < -0.3 is 0 Å². The van der Waals surface area contributed by atoms with E-state index in [0.717, 1.165) is 12.5 Å². The highest BCUT2D eigenvalue weighted by molar-refractivity contribution is 5.16. The third-order valence-electron chi connectivity index (χ3n) is 2.52. The quantitative estimate of drug-likeness (QED) is 0.763. The van der Waals surface area contributed by atoms with Gasteiger partial charge in [-0.25, -0.2) is 0 Å². The van der Waals surface area contributed by atoms with Crippen molar-refractivity contribution in [1.29, 1.82) is 0 Å². The van der Waals surface area contributed by atoms with E-state index in [4.69, 9.17) is 0 Å². The zero-order chi connectivity index (χ0) is 11.6. The Kier molecular flexibility index (Phi) is 3.42. The van der Waals surface area contributed by atoms with Gasteiger partial charge in [0, 0.05) is 12.2 Å². The van der Waals surface area contributed by atoms with Crippen LogP contribution in [-0.4, -0.2) is 9.78 Å². The maximum Gasteiger partial charge on any atom is 0.435 e. The molecule has 1 heterocycles. The van der Waals surface area contributed by atoms with Crippen molar-refractivity contribution in [2.75, 3.05) is 0 Å². The van der Waals surface area contributed by atoms with Crippen molar-refractivity contribution >= 4 is 0 Å². The van der Waals surface area contributed by atoms with Crippen LogP contribution in [-0.2, 0) is 12.7 Å². The highest BCUT2D eigenvalue weighted by Crippen LogP contribution is 2.31. The van der Waals surface area contributed by atoms with Crippen LogP contribution in [0.15, 0.2) is 6.07 Å². The van der Waals surface area contributed by atoms with Crippen molar-refractivity contribution in [1.82, 2.24) is 9.78 Å². The van der Waals surface area contributed by atoms with Crippen LogP contribution in [0, 0.1) is 0 Å². The summed E-state index contributed by atoms with van der Waals surface area (Å²) in [6, 6.07) is 1.15. The Morgan fingerprint density at radius 1 is 1.40 bits per heavy atom. The first-order chi connectivity index (χ1) is 6.90. The van der Waals surface area contributed by atoms with Gasteiger partial charge in [0.2, 0.25) is 0 Å². The lowest BCUT2D eigenvalue weighted by molar-refractivity contribution is -0.141. The summed E-state index contributed by atoms with van der Waals surface area (Å²) in [5.74, 6) is 0.105. The molecule has 2 nitrogen and oxygen atoms in total. The van der Waals surface area contributed by atoms with E-state index in [1.54, 1.807) is 6.92 Å². The maximum atomic E-state index is 12.4. The van der Waals surface area contributed by atoms with Crippen molar-refractivity contribution in [3.63, 3.8) is 0 Å². The summed E-state index contributed by atoms with van der Waals surface area (Å²) in [6.07, 6.45) is -3.54. The minimum absolute atomic E-state index is 0.105. The normalized spacial score (nSPS) is 14.3. The van der Waals surface area contributed by atoms with E-state index in [0.29, 0.717) is 12.2 Å². The number of aromatic nitrogens is 2. The van der Waals surface area contributed by atoms with Gasteiger partial charge in [0.25, 0.3) is 0 Å². The summed E-state index contributed by atoms with van der Waals surface area (Å²) >= 11 is 0. The molecular weight excluding hydrogens is 205 g/mol. The predicted octanol–water partition coefficient (Wildman–Crippen LogP) is 3.44. The SMILES string of the molecule is CCC(C)c1cc(C(F)(F)F)nn1CC. The zero-order valence-corrected chi connectivity index (χ0v) is 9.10. The van der Waals surface area contributed by atoms with Gasteiger partial charge in [-0.15, -0.1) is 0 Å². The molecule has 86 valence electrons. The third-order valence-corrected chi connectivity index (χ3v) is 2.52. The van der Waals surface area contributed by atoms with Gasteiger partial charge >= 0.3 is 6.18 Å². The Hall–Kier alpha value is -1.00. The van der Waals surface area contributed by atoms with Gasteiger partial charge in [-0.05, 0) is 25.3 Å². The number of halogens is 3. The summed E-state index contributed by atoms with van der Waals surface area (Å²) in [5.41, 5.74) is -0.132. The van der Waals surface area contributed by atoms with Crippen LogP contribution in [0.3, 0.4) is 0 Å². The lowest BCUT2D eigenvalue weighted by Crippen LogP contribution is -2.08. The van der Waals surface area contributed by atoms with E-state index in [-0.39, 0.29) is 5.92 Å². The minimum atomic E-state index is -4.34. The molecule has 0 amide bonds. The Bertz CT molecular complexity index is 328. The molecule has 1 unspecified atom stereocenters. The molecule has 1 rings (SSSR count). The molecule has 0 saturated heterocycles. The molecule has 0 saturated carbocycles. The molecule has 0 N–H and O–H groups in total. The molecule has 0 radical (unpaired) electrons. The van der Waals surface area contributed by atoms with Crippen LogP contribution in [0.5, 0.6) is 0 Å². The Labute approximate surface area is 87.1 Å². The summed E-state index contributed by atoms with van der Waals surface area (Å²) in [7, 11) is 0. The first kappa shape index (κ1) is 12.1. The summed E-state index contributed by atoms with van der Waals surface area (Å²) in [5, 5.41) is 3.56. The summed E-state index contributed by atoms with van der Waals surface area (Å²) < 4.78 is 38.7. The Morgan fingerprint density at radius 3 is 2.40 bits per heavy atom. The molecule has 0 fully saturated rings. The van der Waals surface area contributed by atoms with Gasteiger partial charge in [0.1, 0.15) is 0 Å². The maximum absolute atomic E-state index is 12.4. The average molecular weight is 220 g/mol. The molecule has 15 heavy (non-hydrogen) atoms. The molecule has 1 aromatic heterocycles. The summed E-state index contributed by atoms with van der Waals surface area (Å²) in [6.45, 7) is 6.11. The van der Waals surface area contributed by atoms with E-state index in [9.17, 15) is 13.2 Å². The fourth-order valence-electron chi connectivity index (χ4n) is 1.43. The molecule has 0 aliphatic heterocycles. The van der Waals surface area contributed by atoms with Crippen LogP contribution >= 0.6 is 0 Å². The minimum Gasteiger partial charge on any atom is -0.269 e. The molecule has 1 atom stereocenters. The average Bonchev–Trinajstić information content (AvgIpc) is 2.59. The number of aryl methyl sites for hydroxylation is 1. The van der Waals surface area contributed by atoms with Crippen LogP contribution in [0.2, 0.25) is 0 Å². The predicted molar refractivity (Wildman–Crippen MR) is 51.6 cm³/mol. The molecule has 0 spiro atoms. The van der Waals surface area contributed by atoms with Crippen molar-refractivity contribution < 1.29 is 13.2 Å². The first-order valence-electron chi connectivity index (χ1n) is 5.05. The van der Waals surface area contributed by atoms with E-state index < -0.39 is 11.9 Å². The monoisotopic (exact) mass is 220 g/mol. The fourth-order valence-corrected chi connectivity index (χ4v) is 1.43. The third kappa shape index (κ3) is 2.52. The molecule has 0 aromatic carbocycles. The van der Waals surface area contributed by atoms with Crippen LogP contribution in [0.25, 0.3) is 0 Å². The van der Waals surface area contributed by atoms with E-state index >= 15 is 0 Å². The van der Waals surface area contributed by atoms with Gasteiger partial charge in [-0.1, -0.05) is 13.8 Å². The van der Waals surface area contributed by atoms with E-state index in [2.05, 4.69) is 5.10 Å². The van der Waals surface area contributed by atoms with Crippen LogP contribution < -0.4 is 0 Å². The Balaban J connectivity index is 3.11. The second-order valence-corrected chi connectivity index (χ2v) is 3.58. The highest BCUT2D eigenvalue weighted by atomic mass is 19.4. The number of nitrogens with zero attached hydrogens (tertiary/aromatic N) is 2. The second-order valence-electron chi connectivity index (χ2n) is 3.58. The molecule has 0 aliphatic rings. The second kappa shape index (κ2) is 4.24. The van der Waals surface area contributed by atoms with Gasteiger partial charge in [0.05, 0.1) is 0 Å². The number of hydrogen-bond donors (Lipinski definition) is 0. The van der Waals surface area contributed by atoms with Gasteiger partial charge in [-0.2, -0.15) is 18.3 Å². The molecule has 0 aliphatic carbocycles. The van der Waals surface area contributed by atoms with Gasteiger partial charge in [-0.3, -0.25) is 4.68 Å². The van der Waals surface area contributed by atoms with Crippen molar-refractivity contribution in [3.8, 4) is 0 Å². The number of hydrogen-bond acceptors (Lipinski definition) is 1. The summed E-state index contributed by atoms with van der Waals surface area (Å²) in [4.78, 5) is 0. The largest absolute Gasteiger partial charge is 0.435 e. The van der Waals surface area contributed by atoms with Gasteiger partial charge in [0.15, 0.2) is 5.69 Å². The molecule has 5 heteroatoms. The van der Waals surface area contributed by atoms with E-state index in [1.807, 2.05) is 13.8 Å². The fraction of sp³-hybridized carbons (Fsp3) is 0.700. The standard InChI is InChI=1S/C10H15F3N2/c1-4-7(3)8-6-9(10(11,12)13)14-15(8)5-2/h6-7H,4-5H2,1-3H3. The van der Waals surface area contributed by atoms with E-state index in [1.165, 1.54) is 4.68 Å². The smallest absolute Gasteiger partial charge is 0.269 e. The van der Waals surface area contributed by atoms with Crippen molar-refractivity contribution in [3.05, 3.63) is 17.5 Å². The zero-order valence-electron chi connectivity index (χ0n) is 9.10. The molecular formula is C10H15F3N2.